The van der Waals surface area contributed by atoms with Crippen molar-refractivity contribution < 1.29 is 14.1 Å². The van der Waals surface area contributed by atoms with E-state index in [-0.39, 0.29) is 5.69 Å². The maximum atomic E-state index is 11.4. The first-order valence-corrected chi connectivity index (χ1v) is 5.87. The number of aromatic nitrogens is 1. The summed E-state index contributed by atoms with van der Waals surface area (Å²) in [5.74, 6) is 0.207. The molecule has 0 radical (unpaired) electrons. The average Bonchev–Trinajstić information content (AvgIpc) is 2.81. The van der Waals surface area contributed by atoms with Gasteiger partial charge in [0.1, 0.15) is 5.76 Å². The molecule has 0 saturated carbocycles. The van der Waals surface area contributed by atoms with Gasteiger partial charge >= 0.3 is 5.97 Å². The average molecular weight is 245 g/mol. The SMILES string of the molecule is CCOC(=O)c1cc(Cc2ccc(C)cc2)on1. The van der Waals surface area contributed by atoms with Gasteiger partial charge in [-0.25, -0.2) is 4.79 Å². The van der Waals surface area contributed by atoms with Gasteiger partial charge in [0.2, 0.25) is 0 Å². The summed E-state index contributed by atoms with van der Waals surface area (Å²) in [6, 6.07) is 9.76. The summed E-state index contributed by atoms with van der Waals surface area (Å²) in [6.07, 6.45) is 0.618. The summed E-state index contributed by atoms with van der Waals surface area (Å²) >= 11 is 0. The number of ether oxygens (including phenoxy) is 1. The first-order chi connectivity index (χ1) is 8.69. The van der Waals surface area contributed by atoms with E-state index in [0.717, 1.165) is 5.56 Å². The number of hydrogen-bond acceptors (Lipinski definition) is 4. The first-order valence-electron chi connectivity index (χ1n) is 5.87. The van der Waals surface area contributed by atoms with Crippen molar-refractivity contribution in [3.05, 3.63) is 52.9 Å². The van der Waals surface area contributed by atoms with Crippen LogP contribution < -0.4 is 0 Å². The van der Waals surface area contributed by atoms with Crippen LogP contribution in [0.3, 0.4) is 0 Å². The fraction of sp³-hybridized carbons (Fsp3) is 0.286. The van der Waals surface area contributed by atoms with Crippen molar-refractivity contribution in [1.82, 2.24) is 5.16 Å². The molecule has 18 heavy (non-hydrogen) atoms. The minimum atomic E-state index is -0.448. The molecule has 0 bridgehead atoms. The molecule has 0 amide bonds. The molecule has 0 aliphatic heterocycles. The molecule has 0 unspecified atom stereocenters. The summed E-state index contributed by atoms with van der Waals surface area (Å²) < 4.78 is 9.96. The van der Waals surface area contributed by atoms with Crippen LogP contribution in [0.5, 0.6) is 0 Å². The molecular weight excluding hydrogens is 230 g/mol. The molecule has 2 aromatic rings. The van der Waals surface area contributed by atoms with Crippen LogP contribution in [0.15, 0.2) is 34.9 Å². The van der Waals surface area contributed by atoms with E-state index in [4.69, 9.17) is 9.26 Å². The van der Waals surface area contributed by atoms with Crippen LogP contribution in [0, 0.1) is 6.92 Å². The van der Waals surface area contributed by atoms with Gasteiger partial charge in [-0.1, -0.05) is 35.0 Å². The molecule has 94 valence electrons. The number of esters is 1. The third-order valence-electron chi connectivity index (χ3n) is 2.54. The number of aryl methyl sites for hydroxylation is 1. The first kappa shape index (κ1) is 12.4. The van der Waals surface area contributed by atoms with E-state index in [1.165, 1.54) is 5.56 Å². The van der Waals surface area contributed by atoms with Crippen LogP contribution in [0.2, 0.25) is 0 Å². The number of carbonyl (C=O) groups is 1. The molecule has 0 N–H and O–H groups in total. The van der Waals surface area contributed by atoms with E-state index in [9.17, 15) is 4.79 Å². The minimum absolute atomic E-state index is 0.221. The normalized spacial score (nSPS) is 10.3. The molecule has 1 aromatic carbocycles. The number of carbonyl (C=O) groups excluding carboxylic acids is 1. The zero-order valence-electron chi connectivity index (χ0n) is 10.5. The van der Waals surface area contributed by atoms with E-state index >= 15 is 0 Å². The Labute approximate surface area is 106 Å². The molecule has 0 aliphatic rings. The highest BCUT2D eigenvalue weighted by molar-refractivity contribution is 5.87. The molecule has 4 heteroatoms. The number of benzene rings is 1. The lowest BCUT2D eigenvalue weighted by atomic mass is 10.1. The summed E-state index contributed by atoms with van der Waals surface area (Å²) in [7, 11) is 0. The van der Waals surface area contributed by atoms with Gasteiger partial charge in [-0.05, 0) is 19.4 Å². The monoisotopic (exact) mass is 245 g/mol. The van der Waals surface area contributed by atoms with Gasteiger partial charge in [0, 0.05) is 12.5 Å². The highest BCUT2D eigenvalue weighted by Crippen LogP contribution is 2.12. The molecule has 0 spiro atoms. The van der Waals surface area contributed by atoms with E-state index in [1.807, 2.05) is 31.2 Å². The van der Waals surface area contributed by atoms with Crippen molar-refractivity contribution in [1.29, 1.82) is 0 Å². The van der Waals surface area contributed by atoms with Crippen molar-refractivity contribution in [3.8, 4) is 0 Å². The predicted octanol–water partition coefficient (Wildman–Crippen LogP) is 2.75. The second kappa shape index (κ2) is 5.49. The largest absolute Gasteiger partial charge is 0.461 e. The lowest BCUT2D eigenvalue weighted by Crippen LogP contribution is -2.04. The van der Waals surface area contributed by atoms with E-state index in [0.29, 0.717) is 18.8 Å². The molecule has 0 saturated heterocycles. The zero-order valence-corrected chi connectivity index (χ0v) is 10.5. The smallest absolute Gasteiger partial charge is 0.360 e. The standard InChI is InChI=1S/C14H15NO3/c1-3-17-14(16)13-9-12(18-15-13)8-11-6-4-10(2)5-7-11/h4-7,9H,3,8H2,1-2H3. The topological polar surface area (TPSA) is 52.3 Å². The molecule has 0 fully saturated rings. The van der Waals surface area contributed by atoms with E-state index < -0.39 is 5.97 Å². The summed E-state index contributed by atoms with van der Waals surface area (Å²) in [5.41, 5.74) is 2.55. The Morgan fingerprint density at radius 2 is 2.06 bits per heavy atom. The predicted molar refractivity (Wildman–Crippen MR) is 66.4 cm³/mol. The van der Waals surface area contributed by atoms with Crippen molar-refractivity contribution in [3.63, 3.8) is 0 Å². The van der Waals surface area contributed by atoms with Gasteiger partial charge in [-0.15, -0.1) is 0 Å². The van der Waals surface area contributed by atoms with E-state index in [2.05, 4.69) is 5.16 Å². The van der Waals surface area contributed by atoms with E-state index in [1.54, 1.807) is 13.0 Å². The molecular formula is C14H15NO3. The maximum Gasteiger partial charge on any atom is 0.360 e. The summed E-state index contributed by atoms with van der Waals surface area (Å²) in [4.78, 5) is 11.4. The van der Waals surface area contributed by atoms with Gasteiger partial charge in [-0.2, -0.15) is 0 Å². The fourth-order valence-electron chi connectivity index (χ4n) is 1.60. The quantitative estimate of drug-likeness (QED) is 0.777. The number of rotatable bonds is 4. The van der Waals surface area contributed by atoms with Crippen LogP contribution in [-0.4, -0.2) is 17.7 Å². The second-order valence-corrected chi connectivity index (χ2v) is 4.06. The van der Waals surface area contributed by atoms with Crippen molar-refractivity contribution in [2.75, 3.05) is 6.61 Å². The van der Waals surface area contributed by atoms with Crippen LogP contribution in [-0.2, 0) is 11.2 Å². The molecule has 4 nitrogen and oxygen atoms in total. The van der Waals surface area contributed by atoms with Gasteiger partial charge in [-0.3, -0.25) is 0 Å². The van der Waals surface area contributed by atoms with Crippen molar-refractivity contribution in [2.45, 2.75) is 20.3 Å². The molecule has 1 heterocycles. The molecule has 1 aromatic heterocycles. The molecule has 0 aliphatic carbocycles. The van der Waals surface area contributed by atoms with Crippen LogP contribution >= 0.6 is 0 Å². The van der Waals surface area contributed by atoms with Gasteiger partial charge < -0.3 is 9.26 Å². The van der Waals surface area contributed by atoms with Crippen molar-refractivity contribution in [2.24, 2.45) is 0 Å². The highest BCUT2D eigenvalue weighted by Gasteiger charge is 2.13. The Bertz CT molecular complexity index is 528. The molecule has 2 rings (SSSR count). The summed E-state index contributed by atoms with van der Waals surface area (Å²) in [6.45, 7) is 4.13. The highest BCUT2D eigenvalue weighted by atomic mass is 16.5. The Kier molecular flexibility index (Phi) is 3.77. The Morgan fingerprint density at radius 1 is 1.33 bits per heavy atom. The molecule has 0 atom stereocenters. The van der Waals surface area contributed by atoms with Crippen molar-refractivity contribution >= 4 is 5.97 Å². The Hall–Kier alpha value is -2.10. The Morgan fingerprint density at radius 3 is 2.72 bits per heavy atom. The van der Waals surface area contributed by atoms with Crippen LogP contribution in [0.25, 0.3) is 0 Å². The lowest BCUT2D eigenvalue weighted by molar-refractivity contribution is 0.0514. The van der Waals surface area contributed by atoms with Gasteiger partial charge in [0.15, 0.2) is 5.69 Å². The third-order valence-corrected chi connectivity index (χ3v) is 2.54. The third kappa shape index (κ3) is 2.97. The lowest BCUT2D eigenvalue weighted by Gasteiger charge is -1.97. The number of hydrogen-bond donors (Lipinski definition) is 0. The maximum absolute atomic E-state index is 11.4. The number of nitrogens with zero attached hydrogens (tertiary/aromatic N) is 1. The second-order valence-electron chi connectivity index (χ2n) is 4.06. The van der Waals surface area contributed by atoms with Crippen LogP contribution in [0.4, 0.5) is 0 Å². The van der Waals surface area contributed by atoms with Crippen LogP contribution in [0.1, 0.15) is 34.3 Å². The van der Waals surface area contributed by atoms with Gasteiger partial charge in [0.25, 0.3) is 0 Å². The zero-order chi connectivity index (χ0) is 13.0. The minimum Gasteiger partial charge on any atom is -0.461 e. The Balaban J connectivity index is 2.06. The van der Waals surface area contributed by atoms with Gasteiger partial charge in [0.05, 0.1) is 6.61 Å². The fourth-order valence-corrected chi connectivity index (χ4v) is 1.60. The summed E-state index contributed by atoms with van der Waals surface area (Å²) in [5, 5.41) is 3.70.